The zero-order valence-electron chi connectivity index (χ0n) is 13.1. The third kappa shape index (κ3) is 3.81. The number of carbonyl (C=O) groups is 1. The van der Waals surface area contributed by atoms with Crippen molar-refractivity contribution in [3.8, 4) is 11.4 Å². The number of nitrogens with zero attached hydrogens (tertiary/aromatic N) is 4. The molecule has 140 valence electrons. The zero-order valence-corrected chi connectivity index (χ0v) is 14.6. The number of amides is 2. The molecule has 7 nitrogen and oxygen atoms in total. The van der Waals surface area contributed by atoms with E-state index in [0.717, 1.165) is 17.0 Å². The number of aromatic amines is 1. The predicted octanol–water partition coefficient (Wildman–Crippen LogP) is 4.41. The van der Waals surface area contributed by atoms with Gasteiger partial charge in [-0.2, -0.15) is 13.2 Å². The number of nitrogens with one attached hydrogen (secondary N) is 1. The Hall–Kier alpha value is -2.85. The van der Waals surface area contributed by atoms with Gasteiger partial charge in [-0.3, -0.25) is 4.90 Å². The van der Waals surface area contributed by atoms with Crippen LogP contribution in [0.15, 0.2) is 36.4 Å². The molecule has 3 N–H and O–H groups in total. The van der Waals surface area contributed by atoms with E-state index in [0.29, 0.717) is 5.56 Å². The number of H-pyrrole nitrogens is 1. The molecule has 12 heteroatoms. The molecule has 0 spiro atoms. The summed E-state index contributed by atoms with van der Waals surface area (Å²) in [5, 5.41) is 12.8. The number of anilines is 2. The number of alkyl halides is 3. The van der Waals surface area contributed by atoms with Gasteiger partial charge in [0.15, 0.2) is 5.82 Å². The van der Waals surface area contributed by atoms with E-state index in [1.165, 1.54) is 24.3 Å². The molecule has 0 aliphatic heterocycles. The van der Waals surface area contributed by atoms with E-state index in [1.54, 1.807) is 0 Å². The van der Waals surface area contributed by atoms with Gasteiger partial charge in [0.25, 0.3) is 0 Å². The molecule has 3 aromatic rings. The maximum absolute atomic E-state index is 13.2. The standard InChI is InChI=1S/C15H9Cl2F3N6O/c16-7-1-3-9(13-22-24-25-23-13)12(5-7)26(14(21)27)8-2-4-11(17)10(6-8)15(18,19)20/h1-6H,(H2,21,27)(H,22,23,24,25). The summed E-state index contributed by atoms with van der Waals surface area (Å²) in [6.07, 6.45) is -4.72. The molecule has 2 amide bonds. The largest absolute Gasteiger partial charge is 0.417 e. The molecular formula is C15H9Cl2F3N6O. The average Bonchev–Trinajstić information content (AvgIpc) is 3.09. The van der Waals surface area contributed by atoms with Crippen molar-refractivity contribution >= 4 is 40.6 Å². The van der Waals surface area contributed by atoms with Crippen molar-refractivity contribution in [3.63, 3.8) is 0 Å². The lowest BCUT2D eigenvalue weighted by Gasteiger charge is -2.24. The number of hydrogen-bond donors (Lipinski definition) is 2. The molecule has 0 saturated carbocycles. The van der Waals surface area contributed by atoms with Crippen molar-refractivity contribution in [2.45, 2.75) is 6.18 Å². The molecular weight excluding hydrogens is 408 g/mol. The number of carbonyl (C=O) groups excluding carboxylic acids is 1. The summed E-state index contributed by atoms with van der Waals surface area (Å²) in [6, 6.07) is 6.28. The van der Waals surface area contributed by atoms with Crippen LogP contribution in [0.2, 0.25) is 10.0 Å². The van der Waals surface area contributed by atoms with Gasteiger partial charge in [0, 0.05) is 10.6 Å². The Morgan fingerprint density at radius 1 is 1.15 bits per heavy atom. The van der Waals surface area contributed by atoms with Crippen LogP contribution in [0.4, 0.5) is 29.3 Å². The summed E-state index contributed by atoms with van der Waals surface area (Å²) in [7, 11) is 0. The number of primary amides is 1. The van der Waals surface area contributed by atoms with Gasteiger partial charge in [0.1, 0.15) is 0 Å². The summed E-state index contributed by atoms with van der Waals surface area (Å²) < 4.78 is 39.6. The van der Waals surface area contributed by atoms with E-state index >= 15 is 0 Å². The minimum Gasteiger partial charge on any atom is -0.351 e. The Morgan fingerprint density at radius 2 is 1.89 bits per heavy atom. The Morgan fingerprint density at radius 3 is 2.48 bits per heavy atom. The summed E-state index contributed by atoms with van der Waals surface area (Å²) in [4.78, 5) is 13.0. The number of benzene rings is 2. The summed E-state index contributed by atoms with van der Waals surface area (Å²) in [5.74, 6) is 0.165. The first-order chi connectivity index (χ1) is 12.7. The third-order valence-corrected chi connectivity index (χ3v) is 4.10. The summed E-state index contributed by atoms with van der Waals surface area (Å²) >= 11 is 11.6. The third-order valence-electron chi connectivity index (χ3n) is 3.54. The Bertz CT molecular complexity index is 994. The average molecular weight is 417 g/mol. The van der Waals surface area contributed by atoms with E-state index in [2.05, 4.69) is 20.6 Å². The minimum atomic E-state index is -4.72. The number of rotatable bonds is 3. The van der Waals surface area contributed by atoms with E-state index in [-0.39, 0.29) is 22.2 Å². The summed E-state index contributed by atoms with van der Waals surface area (Å²) in [6.45, 7) is 0. The lowest BCUT2D eigenvalue weighted by molar-refractivity contribution is -0.137. The topological polar surface area (TPSA) is 101 Å². The van der Waals surface area contributed by atoms with Gasteiger partial charge in [-0.25, -0.2) is 9.89 Å². The fourth-order valence-corrected chi connectivity index (χ4v) is 2.81. The molecule has 3 rings (SSSR count). The number of hydrogen-bond acceptors (Lipinski definition) is 4. The second-order valence-electron chi connectivity index (χ2n) is 5.25. The van der Waals surface area contributed by atoms with E-state index in [1.807, 2.05) is 0 Å². The van der Waals surface area contributed by atoms with Crippen LogP contribution in [-0.2, 0) is 6.18 Å². The van der Waals surface area contributed by atoms with E-state index in [9.17, 15) is 18.0 Å². The maximum Gasteiger partial charge on any atom is 0.417 e. The van der Waals surface area contributed by atoms with Crippen LogP contribution in [0.5, 0.6) is 0 Å². The molecule has 0 aliphatic rings. The first kappa shape index (κ1) is 18.9. The highest BCUT2D eigenvalue weighted by Gasteiger charge is 2.34. The molecule has 0 radical (unpaired) electrons. The van der Waals surface area contributed by atoms with Crippen LogP contribution in [-0.4, -0.2) is 26.7 Å². The number of nitrogens with two attached hydrogens (primary N) is 1. The number of aromatic nitrogens is 4. The second kappa shape index (κ2) is 7.05. The summed E-state index contributed by atoms with van der Waals surface area (Å²) in [5.41, 5.74) is 4.55. The Balaban J connectivity index is 2.22. The highest BCUT2D eigenvalue weighted by atomic mass is 35.5. The van der Waals surface area contributed by atoms with E-state index in [4.69, 9.17) is 28.9 Å². The van der Waals surface area contributed by atoms with Crippen LogP contribution < -0.4 is 10.6 Å². The smallest absolute Gasteiger partial charge is 0.351 e. The van der Waals surface area contributed by atoms with Crippen molar-refractivity contribution in [3.05, 3.63) is 52.0 Å². The van der Waals surface area contributed by atoms with Crippen LogP contribution in [0.3, 0.4) is 0 Å². The molecule has 2 aromatic carbocycles. The number of tetrazole rings is 1. The highest BCUT2D eigenvalue weighted by Crippen LogP contribution is 2.40. The highest BCUT2D eigenvalue weighted by molar-refractivity contribution is 6.32. The molecule has 1 aromatic heterocycles. The van der Waals surface area contributed by atoms with E-state index < -0.39 is 22.8 Å². The van der Waals surface area contributed by atoms with Crippen molar-refractivity contribution < 1.29 is 18.0 Å². The molecule has 0 bridgehead atoms. The molecule has 27 heavy (non-hydrogen) atoms. The van der Waals surface area contributed by atoms with Crippen LogP contribution in [0.1, 0.15) is 5.56 Å². The first-order valence-electron chi connectivity index (χ1n) is 7.18. The van der Waals surface area contributed by atoms with Gasteiger partial charge >= 0.3 is 12.2 Å². The van der Waals surface area contributed by atoms with Gasteiger partial charge in [-0.1, -0.05) is 23.2 Å². The lowest BCUT2D eigenvalue weighted by Crippen LogP contribution is -2.32. The maximum atomic E-state index is 13.2. The molecule has 0 unspecified atom stereocenters. The number of urea groups is 1. The van der Waals surface area contributed by atoms with Gasteiger partial charge in [0.05, 0.1) is 22.0 Å². The molecule has 1 heterocycles. The van der Waals surface area contributed by atoms with Crippen molar-refractivity contribution in [1.82, 2.24) is 20.6 Å². The zero-order chi connectivity index (χ0) is 19.8. The van der Waals surface area contributed by atoms with Crippen LogP contribution >= 0.6 is 23.2 Å². The van der Waals surface area contributed by atoms with Crippen LogP contribution in [0.25, 0.3) is 11.4 Å². The second-order valence-corrected chi connectivity index (χ2v) is 6.09. The fourth-order valence-electron chi connectivity index (χ4n) is 2.42. The molecule has 0 saturated heterocycles. The van der Waals surface area contributed by atoms with Crippen molar-refractivity contribution in [1.29, 1.82) is 0 Å². The van der Waals surface area contributed by atoms with Gasteiger partial charge in [-0.15, -0.1) is 5.10 Å². The predicted molar refractivity (Wildman–Crippen MR) is 92.8 cm³/mol. The monoisotopic (exact) mass is 416 g/mol. The molecule has 0 atom stereocenters. The first-order valence-corrected chi connectivity index (χ1v) is 7.94. The van der Waals surface area contributed by atoms with Crippen molar-refractivity contribution in [2.75, 3.05) is 4.90 Å². The Kier molecular flexibility index (Phi) is 4.94. The SMILES string of the molecule is NC(=O)N(c1ccc(Cl)c(C(F)(F)F)c1)c1cc(Cl)ccc1-c1nnn[nH]1. The fraction of sp³-hybridized carbons (Fsp3) is 0.0667. The lowest BCUT2D eigenvalue weighted by atomic mass is 10.1. The van der Waals surface area contributed by atoms with Gasteiger partial charge in [0.2, 0.25) is 0 Å². The van der Waals surface area contributed by atoms with Gasteiger partial charge < -0.3 is 5.73 Å². The van der Waals surface area contributed by atoms with Crippen LogP contribution in [0, 0.1) is 0 Å². The quantitative estimate of drug-likeness (QED) is 0.659. The number of halogens is 5. The van der Waals surface area contributed by atoms with Crippen molar-refractivity contribution in [2.24, 2.45) is 5.73 Å². The molecule has 0 fully saturated rings. The van der Waals surface area contributed by atoms with Gasteiger partial charge in [-0.05, 0) is 46.8 Å². The normalized spacial score (nSPS) is 11.4. The minimum absolute atomic E-state index is 0.0870. The molecule has 0 aliphatic carbocycles. The Labute approximate surface area is 159 Å².